The molecule has 0 radical (unpaired) electrons. The fraction of sp³-hybridized carbons (Fsp3) is 0.474. The first-order valence-corrected chi connectivity index (χ1v) is 15.1. The van der Waals surface area contributed by atoms with Gasteiger partial charge in [0.1, 0.15) is 0 Å². The lowest BCUT2D eigenvalue weighted by molar-refractivity contribution is 0.147. The molecule has 0 N–H and O–H groups in total. The first-order valence-electron chi connectivity index (χ1n) is 15.1. The van der Waals surface area contributed by atoms with Crippen LogP contribution in [-0.2, 0) is 0 Å². The third-order valence-corrected chi connectivity index (χ3v) is 9.69. The van der Waals surface area contributed by atoms with Crippen molar-refractivity contribution in [1.29, 1.82) is 0 Å². The van der Waals surface area contributed by atoms with E-state index in [1.807, 2.05) is 0 Å². The highest BCUT2D eigenvalue weighted by atomic mass is 15.2. The first kappa shape index (κ1) is 29.3. The lowest BCUT2D eigenvalue weighted by Crippen LogP contribution is -2.49. The van der Waals surface area contributed by atoms with E-state index in [0.717, 1.165) is 19.5 Å². The van der Waals surface area contributed by atoms with Crippen LogP contribution in [-0.4, -0.2) is 24.0 Å². The molecule has 0 fully saturated rings. The number of fused-ring (bicyclic) bond motifs is 1. The molecule has 0 aromatic heterocycles. The van der Waals surface area contributed by atoms with Gasteiger partial charge in [0, 0.05) is 30.0 Å². The Hall–Kier alpha value is -2.64. The summed E-state index contributed by atoms with van der Waals surface area (Å²) in [6.07, 6.45) is 13.3. The summed E-state index contributed by atoms with van der Waals surface area (Å²) in [5, 5.41) is 0. The van der Waals surface area contributed by atoms with E-state index >= 15 is 0 Å². The summed E-state index contributed by atoms with van der Waals surface area (Å²) in [6.45, 7) is 23.3. The maximum absolute atomic E-state index is 2.68. The second-order valence-corrected chi connectivity index (χ2v) is 13.2. The van der Waals surface area contributed by atoms with Crippen LogP contribution in [0.25, 0.3) is 5.57 Å². The quantitative estimate of drug-likeness (QED) is 0.247. The lowest BCUT2D eigenvalue weighted by atomic mass is 9.58. The van der Waals surface area contributed by atoms with Crippen LogP contribution in [0.3, 0.4) is 0 Å². The Morgan fingerprint density at radius 3 is 2.13 bits per heavy atom. The van der Waals surface area contributed by atoms with Gasteiger partial charge in [-0.1, -0.05) is 139 Å². The number of nitrogens with zero attached hydrogens (tertiary/aromatic N) is 1. The molecule has 1 aliphatic heterocycles. The third kappa shape index (κ3) is 6.09. The molecule has 0 amide bonds. The Labute approximate surface area is 239 Å². The molecule has 0 unspecified atom stereocenters. The molecule has 0 spiro atoms. The normalized spacial score (nSPS) is 24.2. The molecule has 1 aliphatic carbocycles. The number of hydrogen-bond acceptors (Lipinski definition) is 1. The van der Waals surface area contributed by atoms with E-state index in [1.54, 1.807) is 5.57 Å². The molecule has 2 aromatic rings. The van der Waals surface area contributed by atoms with Crippen LogP contribution in [0.1, 0.15) is 97.3 Å². The lowest BCUT2D eigenvalue weighted by Gasteiger charge is -2.51. The van der Waals surface area contributed by atoms with Gasteiger partial charge in [-0.2, -0.15) is 0 Å². The Balaban J connectivity index is 1.55. The van der Waals surface area contributed by atoms with E-state index in [9.17, 15) is 0 Å². The number of hydrogen-bond donors (Lipinski definition) is 0. The Morgan fingerprint density at radius 1 is 0.846 bits per heavy atom. The van der Waals surface area contributed by atoms with Crippen molar-refractivity contribution in [1.82, 2.24) is 4.90 Å². The second-order valence-electron chi connectivity index (χ2n) is 13.2. The summed E-state index contributed by atoms with van der Waals surface area (Å²) in [5.41, 5.74) is 8.95. The summed E-state index contributed by atoms with van der Waals surface area (Å²) in [4.78, 5) is 2.68. The van der Waals surface area contributed by atoms with Crippen molar-refractivity contribution in [2.24, 2.45) is 16.7 Å². The highest BCUT2D eigenvalue weighted by Gasteiger charge is 2.46. The molecular formula is C38H51N. The van der Waals surface area contributed by atoms with Crippen molar-refractivity contribution in [2.45, 2.75) is 86.6 Å². The zero-order valence-electron chi connectivity index (χ0n) is 26.0. The molecule has 1 heteroatoms. The fourth-order valence-electron chi connectivity index (χ4n) is 7.07. The standard InChI is InChI=1S/C38H51N/c1-10-14-34(30(6)29(5)32-15-12-11-13-16-32)25-28(4)39-24-22-36-37(7,8)35(21-23-38(36,9)26-39)33-19-17-31(18-20-33)27(2)3/h10-22,25,27-30H,23-24,26H2,1-9H3/b14-10-,34-25-/t28-,29+,30-,38-/m1/s1. The molecule has 1 nitrogen and oxygen atoms in total. The molecule has 208 valence electrons. The Bertz CT molecular complexity index is 1240. The summed E-state index contributed by atoms with van der Waals surface area (Å²) in [7, 11) is 0. The summed E-state index contributed by atoms with van der Waals surface area (Å²) < 4.78 is 0. The van der Waals surface area contributed by atoms with Gasteiger partial charge < -0.3 is 0 Å². The number of benzene rings is 2. The van der Waals surface area contributed by atoms with E-state index in [4.69, 9.17) is 0 Å². The fourth-order valence-corrected chi connectivity index (χ4v) is 7.07. The second kappa shape index (κ2) is 11.8. The summed E-state index contributed by atoms with van der Waals surface area (Å²) >= 11 is 0. The maximum Gasteiger partial charge on any atom is 0.0259 e. The van der Waals surface area contributed by atoms with Crippen molar-refractivity contribution < 1.29 is 0 Å². The molecule has 2 aliphatic rings. The van der Waals surface area contributed by atoms with Crippen LogP contribution in [0.2, 0.25) is 0 Å². The van der Waals surface area contributed by atoms with E-state index < -0.39 is 0 Å². The molecule has 1 heterocycles. The topological polar surface area (TPSA) is 3.24 Å². The van der Waals surface area contributed by atoms with E-state index in [2.05, 4.69) is 152 Å². The molecule has 0 saturated carbocycles. The number of allylic oxidation sites excluding steroid dienone is 5. The zero-order chi connectivity index (χ0) is 28.4. The minimum Gasteiger partial charge on any atom is -0.293 e. The average molecular weight is 522 g/mol. The van der Waals surface area contributed by atoms with E-state index in [-0.39, 0.29) is 10.8 Å². The summed E-state index contributed by atoms with van der Waals surface area (Å²) in [5.74, 6) is 1.50. The van der Waals surface area contributed by atoms with Crippen LogP contribution in [0.4, 0.5) is 0 Å². The monoisotopic (exact) mass is 521 g/mol. The van der Waals surface area contributed by atoms with Crippen LogP contribution in [0.15, 0.2) is 96.1 Å². The van der Waals surface area contributed by atoms with Gasteiger partial charge in [0.2, 0.25) is 0 Å². The van der Waals surface area contributed by atoms with Gasteiger partial charge in [0.05, 0.1) is 0 Å². The van der Waals surface area contributed by atoms with Crippen molar-refractivity contribution in [3.63, 3.8) is 0 Å². The molecular weight excluding hydrogens is 470 g/mol. The molecule has 4 rings (SSSR count). The van der Waals surface area contributed by atoms with Crippen LogP contribution in [0, 0.1) is 16.7 Å². The van der Waals surface area contributed by atoms with Crippen molar-refractivity contribution in [3.8, 4) is 0 Å². The molecule has 2 aromatic carbocycles. The predicted molar refractivity (Wildman–Crippen MR) is 171 cm³/mol. The highest BCUT2D eigenvalue weighted by molar-refractivity contribution is 5.75. The minimum absolute atomic E-state index is 0.0350. The number of rotatable bonds is 8. The van der Waals surface area contributed by atoms with Gasteiger partial charge in [0.25, 0.3) is 0 Å². The van der Waals surface area contributed by atoms with Crippen LogP contribution >= 0.6 is 0 Å². The largest absolute Gasteiger partial charge is 0.293 e. The zero-order valence-corrected chi connectivity index (χ0v) is 26.0. The van der Waals surface area contributed by atoms with Crippen LogP contribution in [0.5, 0.6) is 0 Å². The highest BCUT2D eigenvalue weighted by Crippen LogP contribution is 2.55. The van der Waals surface area contributed by atoms with Crippen molar-refractivity contribution in [3.05, 3.63) is 113 Å². The third-order valence-electron chi connectivity index (χ3n) is 9.69. The van der Waals surface area contributed by atoms with Crippen molar-refractivity contribution in [2.75, 3.05) is 13.1 Å². The van der Waals surface area contributed by atoms with Gasteiger partial charge in [-0.25, -0.2) is 0 Å². The van der Waals surface area contributed by atoms with Gasteiger partial charge in [-0.05, 0) is 65.9 Å². The molecule has 4 atom stereocenters. The van der Waals surface area contributed by atoms with Crippen LogP contribution < -0.4 is 0 Å². The average Bonchev–Trinajstić information content (AvgIpc) is 2.92. The van der Waals surface area contributed by atoms with Gasteiger partial charge in [-0.15, -0.1) is 0 Å². The minimum atomic E-state index is 0.0350. The SMILES string of the molecule is C/C=C\C(=C\[C@@H](C)N1CC=C2C(C)(C)C(c3ccc(C(C)C)cc3)=CC[C@]2(C)C1)[C@H](C)[C@H](C)c1ccccc1. The summed E-state index contributed by atoms with van der Waals surface area (Å²) in [6, 6.07) is 20.7. The first-order chi connectivity index (χ1) is 18.5. The smallest absolute Gasteiger partial charge is 0.0259 e. The van der Waals surface area contributed by atoms with E-state index in [1.165, 1.54) is 27.8 Å². The molecule has 0 saturated heterocycles. The van der Waals surface area contributed by atoms with Gasteiger partial charge in [0.15, 0.2) is 0 Å². The predicted octanol–water partition coefficient (Wildman–Crippen LogP) is 10.2. The molecule has 39 heavy (non-hydrogen) atoms. The van der Waals surface area contributed by atoms with Crippen molar-refractivity contribution >= 4 is 5.57 Å². The molecule has 0 bridgehead atoms. The Morgan fingerprint density at radius 2 is 1.51 bits per heavy atom. The van der Waals surface area contributed by atoms with Gasteiger partial charge >= 0.3 is 0 Å². The maximum atomic E-state index is 2.68. The Kier molecular flexibility index (Phi) is 8.91. The van der Waals surface area contributed by atoms with Gasteiger partial charge in [-0.3, -0.25) is 4.90 Å². The van der Waals surface area contributed by atoms with E-state index in [0.29, 0.717) is 23.8 Å².